The van der Waals surface area contributed by atoms with Gasteiger partial charge >= 0.3 is 0 Å². The van der Waals surface area contributed by atoms with Crippen LogP contribution in [-0.2, 0) is 4.84 Å². The maximum atomic E-state index is 11.3. The molecule has 1 aromatic heterocycles. The number of aromatic nitrogens is 1. The average Bonchev–Trinajstić information content (AvgIpc) is 2.25. The number of nitrogens with zero attached hydrogens (tertiary/aromatic N) is 1. The van der Waals surface area contributed by atoms with Gasteiger partial charge in [-0.25, -0.2) is 10.5 Å². The lowest BCUT2D eigenvalue weighted by Gasteiger charge is -2.04. The summed E-state index contributed by atoms with van der Waals surface area (Å²) in [6, 6.07) is 3.35. The Kier molecular flexibility index (Phi) is 6.66. The summed E-state index contributed by atoms with van der Waals surface area (Å²) in [6.07, 6.45) is 0. The molecule has 84 valence electrons. The van der Waals surface area contributed by atoms with Crippen LogP contribution in [0.25, 0.3) is 0 Å². The zero-order valence-electron chi connectivity index (χ0n) is 9.30. The van der Waals surface area contributed by atoms with Gasteiger partial charge in [0.1, 0.15) is 10.8 Å². The largest absolute Gasteiger partial charge is 0.293 e. The van der Waals surface area contributed by atoms with Crippen molar-refractivity contribution in [2.24, 2.45) is 0 Å². The number of pyridine rings is 1. The minimum atomic E-state index is -0.400. The fraction of sp³-hybridized carbons (Fsp3) is 0.400. The van der Waals surface area contributed by atoms with E-state index in [0.717, 1.165) is 5.56 Å². The minimum Gasteiger partial charge on any atom is -0.277 e. The fourth-order valence-electron chi connectivity index (χ4n) is 0.876. The topological polar surface area (TPSA) is 51.2 Å². The van der Waals surface area contributed by atoms with Crippen LogP contribution in [0.4, 0.5) is 0 Å². The summed E-state index contributed by atoms with van der Waals surface area (Å²) in [5.74, 6) is -0.400. The quantitative estimate of drug-likeness (QED) is 0.627. The summed E-state index contributed by atoms with van der Waals surface area (Å²) in [6.45, 7) is 5.77. The zero-order valence-corrected chi connectivity index (χ0v) is 10.1. The fourth-order valence-corrected chi connectivity index (χ4v) is 1.02. The van der Waals surface area contributed by atoms with Gasteiger partial charge in [-0.05, 0) is 18.6 Å². The predicted octanol–water partition coefficient (Wildman–Crippen LogP) is 2.36. The van der Waals surface area contributed by atoms with Gasteiger partial charge in [-0.3, -0.25) is 9.63 Å². The van der Waals surface area contributed by atoms with Crippen molar-refractivity contribution in [1.82, 2.24) is 10.5 Å². The van der Waals surface area contributed by atoms with E-state index in [9.17, 15) is 4.79 Å². The lowest BCUT2D eigenvalue weighted by Crippen LogP contribution is -2.23. The monoisotopic (exact) mass is 230 g/mol. The van der Waals surface area contributed by atoms with Crippen LogP contribution < -0.4 is 5.48 Å². The first-order valence-electron chi connectivity index (χ1n) is 4.61. The number of halogens is 1. The molecular formula is C10H15ClN2O2. The molecule has 0 aromatic carbocycles. The molecule has 0 aliphatic heterocycles. The Bertz CT molecular complexity index is 329. The van der Waals surface area contributed by atoms with Crippen LogP contribution in [0.3, 0.4) is 0 Å². The van der Waals surface area contributed by atoms with Crippen molar-refractivity contribution in [2.45, 2.75) is 20.8 Å². The Hall–Kier alpha value is -1.13. The Morgan fingerprint density at radius 2 is 2.07 bits per heavy atom. The number of hydrogen-bond acceptors (Lipinski definition) is 3. The molecule has 0 unspecified atom stereocenters. The molecule has 1 N–H and O–H groups in total. The second-order valence-electron chi connectivity index (χ2n) is 2.43. The molecule has 5 heteroatoms. The summed E-state index contributed by atoms with van der Waals surface area (Å²) in [4.78, 5) is 19.6. The van der Waals surface area contributed by atoms with Crippen LogP contribution in [0.5, 0.6) is 0 Å². The van der Waals surface area contributed by atoms with E-state index in [2.05, 4.69) is 15.3 Å². The number of amides is 1. The van der Waals surface area contributed by atoms with Crippen molar-refractivity contribution in [3.63, 3.8) is 0 Å². The lowest BCUT2D eigenvalue weighted by atomic mass is 10.2. The Morgan fingerprint density at radius 3 is 2.60 bits per heavy atom. The van der Waals surface area contributed by atoms with Crippen LogP contribution in [0.1, 0.15) is 29.9 Å². The van der Waals surface area contributed by atoms with E-state index in [1.807, 2.05) is 13.8 Å². The molecule has 1 amide bonds. The number of hydrogen-bond donors (Lipinski definition) is 1. The van der Waals surface area contributed by atoms with E-state index in [1.54, 1.807) is 19.1 Å². The first kappa shape index (κ1) is 13.9. The maximum Gasteiger partial charge on any atom is 0.293 e. The van der Waals surface area contributed by atoms with Crippen molar-refractivity contribution >= 4 is 17.5 Å². The van der Waals surface area contributed by atoms with Gasteiger partial charge in [0.25, 0.3) is 5.91 Å². The summed E-state index contributed by atoms with van der Waals surface area (Å²) < 4.78 is 0. The number of nitrogens with one attached hydrogen (secondary N) is 1. The third-order valence-electron chi connectivity index (χ3n) is 1.47. The van der Waals surface area contributed by atoms with Gasteiger partial charge in [0.2, 0.25) is 0 Å². The molecule has 0 radical (unpaired) electrons. The van der Waals surface area contributed by atoms with Crippen molar-refractivity contribution in [3.8, 4) is 0 Å². The standard InChI is InChI=1S/C8H9ClN2O2.C2H6/c1-5-3-4-6(9)10-7(5)8(12)11-13-2;1-2/h3-4H,1-2H3,(H,11,12);1-2H3. The summed E-state index contributed by atoms with van der Waals surface area (Å²) >= 11 is 5.63. The van der Waals surface area contributed by atoms with Crippen molar-refractivity contribution in [2.75, 3.05) is 7.11 Å². The summed E-state index contributed by atoms with van der Waals surface area (Å²) in [5, 5.41) is 0.284. The number of carbonyl (C=O) groups excluding carboxylic acids is 1. The summed E-state index contributed by atoms with van der Waals surface area (Å²) in [5.41, 5.74) is 3.19. The van der Waals surface area contributed by atoms with E-state index in [-0.39, 0.29) is 10.8 Å². The normalized spacial score (nSPS) is 8.87. The van der Waals surface area contributed by atoms with Gasteiger partial charge in [-0.2, -0.15) is 0 Å². The van der Waals surface area contributed by atoms with Crippen LogP contribution in [0.15, 0.2) is 12.1 Å². The van der Waals surface area contributed by atoms with Gasteiger partial charge < -0.3 is 0 Å². The number of hydroxylamine groups is 1. The van der Waals surface area contributed by atoms with Gasteiger partial charge in [-0.1, -0.05) is 31.5 Å². The van der Waals surface area contributed by atoms with Gasteiger partial charge in [-0.15, -0.1) is 0 Å². The molecule has 0 aliphatic carbocycles. The lowest BCUT2D eigenvalue weighted by molar-refractivity contribution is 0.0531. The molecule has 0 atom stereocenters. The van der Waals surface area contributed by atoms with Crippen LogP contribution in [0.2, 0.25) is 5.15 Å². The smallest absolute Gasteiger partial charge is 0.277 e. The second kappa shape index (κ2) is 7.20. The first-order valence-corrected chi connectivity index (χ1v) is 4.99. The highest BCUT2D eigenvalue weighted by Crippen LogP contribution is 2.10. The minimum absolute atomic E-state index is 0.273. The number of rotatable bonds is 2. The van der Waals surface area contributed by atoms with Crippen molar-refractivity contribution in [1.29, 1.82) is 0 Å². The third kappa shape index (κ3) is 4.27. The molecule has 4 nitrogen and oxygen atoms in total. The zero-order chi connectivity index (χ0) is 11.8. The van der Waals surface area contributed by atoms with E-state index in [0.29, 0.717) is 0 Å². The first-order chi connectivity index (χ1) is 7.15. The molecule has 0 bridgehead atoms. The third-order valence-corrected chi connectivity index (χ3v) is 1.68. The molecule has 1 heterocycles. The Morgan fingerprint density at radius 1 is 1.47 bits per heavy atom. The van der Waals surface area contributed by atoms with Crippen molar-refractivity contribution < 1.29 is 9.63 Å². The van der Waals surface area contributed by atoms with Gasteiger partial charge in [0.05, 0.1) is 7.11 Å². The molecule has 0 saturated carbocycles. The molecule has 0 aliphatic rings. The van der Waals surface area contributed by atoms with Crippen LogP contribution in [-0.4, -0.2) is 18.0 Å². The molecule has 1 aromatic rings. The van der Waals surface area contributed by atoms with Crippen molar-refractivity contribution in [3.05, 3.63) is 28.5 Å². The highest BCUT2D eigenvalue weighted by Gasteiger charge is 2.10. The molecule has 0 saturated heterocycles. The molecule has 1 rings (SSSR count). The Balaban J connectivity index is 0.000000921. The van der Waals surface area contributed by atoms with Gasteiger partial charge in [0.15, 0.2) is 0 Å². The molecule has 0 fully saturated rings. The van der Waals surface area contributed by atoms with Crippen LogP contribution in [0, 0.1) is 6.92 Å². The number of carbonyl (C=O) groups is 1. The molecular weight excluding hydrogens is 216 g/mol. The predicted molar refractivity (Wildman–Crippen MR) is 59.8 cm³/mol. The maximum absolute atomic E-state index is 11.3. The highest BCUT2D eigenvalue weighted by atomic mass is 35.5. The van der Waals surface area contributed by atoms with E-state index in [1.165, 1.54) is 7.11 Å². The molecule has 15 heavy (non-hydrogen) atoms. The van der Waals surface area contributed by atoms with Gasteiger partial charge in [0, 0.05) is 0 Å². The highest BCUT2D eigenvalue weighted by molar-refractivity contribution is 6.29. The van der Waals surface area contributed by atoms with E-state index >= 15 is 0 Å². The number of aryl methyl sites for hydroxylation is 1. The van der Waals surface area contributed by atoms with Crippen LogP contribution >= 0.6 is 11.6 Å². The molecule has 0 spiro atoms. The Labute approximate surface area is 94.6 Å². The SMILES string of the molecule is CC.CONC(=O)c1nc(Cl)ccc1C. The average molecular weight is 231 g/mol. The van der Waals surface area contributed by atoms with E-state index < -0.39 is 5.91 Å². The second-order valence-corrected chi connectivity index (χ2v) is 2.82. The van der Waals surface area contributed by atoms with E-state index in [4.69, 9.17) is 11.6 Å². The summed E-state index contributed by atoms with van der Waals surface area (Å²) in [7, 11) is 1.36.